The van der Waals surface area contributed by atoms with Crippen molar-refractivity contribution in [2.45, 2.75) is 38.8 Å². The van der Waals surface area contributed by atoms with Crippen molar-refractivity contribution >= 4 is 18.4 Å². The van der Waals surface area contributed by atoms with Crippen LogP contribution < -0.4 is 0 Å². The Morgan fingerprint density at radius 3 is 2.87 bits per heavy atom. The number of hydrogen-bond donors (Lipinski definition) is 1. The monoisotopic (exact) mass is 237 g/mol. The Kier molecular flexibility index (Phi) is 6.89. The first-order valence-corrected chi connectivity index (χ1v) is 5.23. The van der Waals surface area contributed by atoms with Gasteiger partial charge in [-0.1, -0.05) is 6.92 Å². The predicted octanol–water partition coefficient (Wildman–Crippen LogP) is 1.38. The number of halogens is 1. The predicted molar refractivity (Wildman–Crippen MR) is 60.6 cm³/mol. The first-order chi connectivity index (χ1) is 6.65. The Labute approximate surface area is 97.0 Å². The highest BCUT2D eigenvalue weighted by Gasteiger charge is 2.26. The summed E-state index contributed by atoms with van der Waals surface area (Å²) < 4.78 is 5.47. The normalized spacial score (nSPS) is 25.1. The Bertz CT molecular complexity index is 201. The van der Waals surface area contributed by atoms with Crippen molar-refractivity contribution in [1.29, 1.82) is 0 Å². The molecule has 1 N–H and O–H groups in total. The van der Waals surface area contributed by atoms with Crippen molar-refractivity contribution in [1.82, 2.24) is 4.90 Å². The Morgan fingerprint density at radius 1 is 1.67 bits per heavy atom. The molecule has 0 aromatic carbocycles. The highest BCUT2D eigenvalue weighted by atomic mass is 35.5. The number of hydrogen-bond acceptors (Lipinski definition) is 3. The summed E-state index contributed by atoms with van der Waals surface area (Å²) in [5, 5.41) is 9.02. The lowest BCUT2D eigenvalue weighted by Crippen LogP contribution is -2.43. The first kappa shape index (κ1) is 14.7. The summed E-state index contributed by atoms with van der Waals surface area (Å²) in [6.45, 7) is 6.20. The molecule has 2 unspecified atom stereocenters. The molecule has 2 atom stereocenters. The zero-order valence-electron chi connectivity index (χ0n) is 9.31. The Balaban J connectivity index is 0.00000196. The number of nitrogens with zero attached hydrogens (tertiary/aromatic N) is 1. The van der Waals surface area contributed by atoms with Crippen LogP contribution in [0.2, 0.25) is 0 Å². The van der Waals surface area contributed by atoms with E-state index in [4.69, 9.17) is 9.84 Å². The molecule has 0 radical (unpaired) electrons. The molecule has 1 saturated heterocycles. The van der Waals surface area contributed by atoms with Crippen LogP contribution >= 0.6 is 12.4 Å². The molecule has 1 heterocycles. The number of aliphatic carboxylic acids is 1. The maximum atomic E-state index is 11.0. The number of ether oxygens (including phenoxy) is 1. The van der Waals surface area contributed by atoms with Gasteiger partial charge >= 0.3 is 5.97 Å². The first-order valence-electron chi connectivity index (χ1n) is 5.23. The van der Waals surface area contributed by atoms with Gasteiger partial charge in [-0.2, -0.15) is 0 Å². The summed E-state index contributed by atoms with van der Waals surface area (Å²) in [6, 6.07) is -0.348. The summed E-state index contributed by atoms with van der Waals surface area (Å²) in [6.07, 6.45) is 1.72. The van der Waals surface area contributed by atoms with E-state index < -0.39 is 5.97 Å². The van der Waals surface area contributed by atoms with Gasteiger partial charge in [-0.3, -0.25) is 9.69 Å². The van der Waals surface area contributed by atoms with Gasteiger partial charge in [0.1, 0.15) is 6.04 Å². The van der Waals surface area contributed by atoms with Crippen LogP contribution in [0.4, 0.5) is 0 Å². The molecule has 0 saturated carbocycles. The SMILES string of the molecule is CCC(C(=O)O)N1CCCOC(C)C1.Cl. The van der Waals surface area contributed by atoms with E-state index in [0.29, 0.717) is 6.42 Å². The van der Waals surface area contributed by atoms with Gasteiger partial charge in [-0.15, -0.1) is 12.4 Å². The van der Waals surface area contributed by atoms with Gasteiger partial charge in [0.15, 0.2) is 0 Å². The second kappa shape index (κ2) is 7.04. The van der Waals surface area contributed by atoms with Crippen molar-refractivity contribution in [3.8, 4) is 0 Å². The van der Waals surface area contributed by atoms with E-state index in [-0.39, 0.29) is 24.6 Å². The fraction of sp³-hybridized carbons (Fsp3) is 0.900. The zero-order chi connectivity index (χ0) is 10.6. The summed E-state index contributed by atoms with van der Waals surface area (Å²) in [5.74, 6) is -0.721. The largest absolute Gasteiger partial charge is 0.480 e. The van der Waals surface area contributed by atoms with E-state index in [2.05, 4.69) is 0 Å². The maximum absolute atomic E-state index is 11.0. The molecule has 0 aromatic rings. The minimum absolute atomic E-state index is 0. The third-order valence-electron chi connectivity index (χ3n) is 2.60. The molecule has 15 heavy (non-hydrogen) atoms. The number of carbonyl (C=O) groups is 1. The van der Waals surface area contributed by atoms with Gasteiger partial charge in [0, 0.05) is 19.7 Å². The van der Waals surface area contributed by atoms with Crippen molar-refractivity contribution in [2.75, 3.05) is 19.7 Å². The number of carboxylic acid groups (broad SMARTS) is 1. The average Bonchev–Trinajstić information content (AvgIpc) is 2.31. The summed E-state index contributed by atoms with van der Waals surface area (Å²) in [4.78, 5) is 13.0. The Hall–Kier alpha value is -0.320. The second-order valence-electron chi connectivity index (χ2n) is 3.79. The van der Waals surface area contributed by atoms with Crippen LogP contribution in [-0.2, 0) is 9.53 Å². The molecule has 90 valence electrons. The smallest absolute Gasteiger partial charge is 0.320 e. The molecule has 1 rings (SSSR count). The second-order valence-corrected chi connectivity index (χ2v) is 3.79. The van der Waals surface area contributed by atoms with Crippen LogP contribution in [0.15, 0.2) is 0 Å². The van der Waals surface area contributed by atoms with Gasteiger partial charge in [-0.25, -0.2) is 0 Å². The van der Waals surface area contributed by atoms with Crippen LogP contribution in [0, 0.1) is 0 Å². The van der Waals surface area contributed by atoms with Gasteiger partial charge in [0.2, 0.25) is 0 Å². The van der Waals surface area contributed by atoms with E-state index in [1.54, 1.807) is 0 Å². The van der Waals surface area contributed by atoms with E-state index >= 15 is 0 Å². The van der Waals surface area contributed by atoms with Crippen LogP contribution in [0.3, 0.4) is 0 Å². The molecular weight excluding hydrogens is 218 g/mol. The van der Waals surface area contributed by atoms with Crippen LogP contribution in [0.1, 0.15) is 26.7 Å². The molecule has 1 fully saturated rings. The summed E-state index contributed by atoms with van der Waals surface area (Å²) >= 11 is 0. The van der Waals surface area contributed by atoms with Crippen LogP contribution in [0.5, 0.6) is 0 Å². The van der Waals surface area contributed by atoms with E-state index in [1.165, 1.54) is 0 Å². The van der Waals surface area contributed by atoms with E-state index in [9.17, 15) is 4.79 Å². The third kappa shape index (κ3) is 4.36. The number of carboxylic acids is 1. The van der Waals surface area contributed by atoms with Crippen molar-refractivity contribution in [2.24, 2.45) is 0 Å². The average molecular weight is 238 g/mol. The lowest BCUT2D eigenvalue weighted by molar-refractivity contribution is -0.143. The summed E-state index contributed by atoms with van der Waals surface area (Å²) in [5.41, 5.74) is 0. The lowest BCUT2D eigenvalue weighted by Gasteiger charge is -2.27. The van der Waals surface area contributed by atoms with Crippen molar-refractivity contribution in [3.63, 3.8) is 0 Å². The fourth-order valence-corrected chi connectivity index (χ4v) is 1.90. The third-order valence-corrected chi connectivity index (χ3v) is 2.60. The fourth-order valence-electron chi connectivity index (χ4n) is 1.90. The molecule has 0 spiro atoms. The molecule has 0 aromatic heterocycles. The lowest BCUT2D eigenvalue weighted by atomic mass is 10.1. The molecule has 0 amide bonds. The molecule has 4 nitrogen and oxygen atoms in total. The van der Waals surface area contributed by atoms with Crippen molar-refractivity contribution in [3.05, 3.63) is 0 Å². The topological polar surface area (TPSA) is 49.8 Å². The number of rotatable bonds is 3. The zero-order valence-corrected chi connectivity index (χ0v) is 10.1. The molecule has 0 aliphatic carbocycles. The highest BCUT2D eigenvalue weighted by Crippen LogP contribution is 2.11. The molecule has 0 bridgehead atoms. The quantitative estimate of drug-likeness (QED) is 0.806. The molecular formula is C10H20ClNO3. The van der Waals surface area contributed by atoms with Crippen molar-refractivity contribution < 1.29 is 14.6 Å². The maximum Gasteiger partial charge on any atom is 0.320 e. The highest BCUT2D eigenvalue weighted by molar-refractivity contribution is 5.85. The standard InChI is InChI=1S/C10H19NO3.ClH/c1-3-9(10(12)13)11-5-4-6-14-8(2)7-11;/h8-9H,3-7H2,1-2H3,(H,12,13);1H. The van der Waals surface area contributed by atoms with Gasteiger partial charge in [0.25, 0.3) is 0 Å². The van der Waals surface area contributed by atoms with Crippen LogP contribution in [-0.4, -0.2) is 47.8 Å². The van der Waals surface area contributed by atoms with Gasteiger partial charge < -0.3 is 9.84 Å². The minimum atomic E-state index is -0.721. The molecule has 1 aliphatic heterocycles. The molecule has 5 heteroatoms. The Morgan fingerprint density at radius 2 is 2.33 bits per heavy atom. The minimum Gasteiger partial charge on any atom is -0.480 e. The molecule has 1 aliphatic rings. The van der Waals surface area contributed by atoms with Gasteiger partial charge in [-0.05, 0) is 19.8 Å². The van der Waals surface area contributed by atoms with E-state index in [1.807, 2.05) is 18.7 Å². The summed E-state index contributed by atoms with van der Waals surface area (Å²) in [7, 11) is 0. The van der Waals surface area contributed by atoms with Gasteiger partial charge in [0.05, 0.1) is 6.10 Å². The van der Waals surface area contributed by atoms with E-state index in [0.717, 1.165) is 26.1 Å². The van der Waals surface area contributed by atoms with Crippen LogP contribution in [0.25, 0.3) is 0 Å².